The van der Waals surface area contributed by atoms with E-state index >= 15 is 0 Å². The van der Waals surface area contributed by atoms with Crippen LogP contribution in [0, 0.1) is 5.41 Å². The largest absolute Gasteiger partial charge is 0.378 e. The average molecular weight is 323 g/mol. The third-order valence-electron chi connectivity index (χ3n) is 5.64. The van der Waals surface area contributed by atoms with Crippen LogP contribution in [0.5, 0.6) is 0 Å². The molecule has 3 rings (SSSR count). The first-order valence-electron chi connectivity index (χ1n) is 8.89. The fourth-order valence-electron chi connectivity index (χ4n) is 3.82. The van der Waals surface area contributed by atoms with Gasteiger partial charge in [-0.3, -0.25) is 14.5 Å². The van der Waals surface area contributed by atoms with Crippen LogP contribution < -0.4 is 5.32 Å². The van der Waals surface area contributed by atoms with Crippen LogP contribution >= 0.6 is 0 Å². The summed E-state index contributed by atoms with van der Waals surface area (Å²) in [4.78, 5) is 28.2. The molecular formula is C17H29N3O3. The van der Waals surface area contributed by atoms with E-state index in [0.29, 0.717) is 25.2 Å². The summed E-state index contributed by atoms with van der Waals surface area (Å²) in [6, 6.07) is 0.746. The smallest absolute Gasteiger partial charge is 0.311 e. The molecule has 2 amide bonds. The van der Waals surface area contributed by atoms with Crippen LogP contribution in [-0.2, 0) is 14.3 Å². The van der Waals surface area contributed by atoms with Crippen LogP contribution in [0.3, 0.4) is 0 Å². The highest BCUT2D eigenvalue weighted by Gasteiger charge is 2.51. The summed E-state index contributed by atoms with van der Waals surface area (Å²) >= 11 is 0. The molecule has 3 aliphatic rings. The monoisotopic (exact) mass is 323 g/mol. The van der Waals surface area contributed by atoms with Crippen molar-refractivity contribution in [3.63, 3.8) is 0 Å². The predicted molar refractivity (Wildman–Crippen MR) is 86.9 cm³/mol. The van der Waals surface area contributed by atoms with Gasteiger partial charge in [0, 0.05) is 50.3 Å². The van der Waals surface area contributed by atoms with E-state index in [2.05, 4.69) is 24.1 Å². The van der Waals surface area contributed by atoms with Crippen LogP contribution in [-0.4, -0.2) is 72.6 Å². The van der Waals surface area contributed by atoms with Crippen molar-refractivity contribution in [2.45, 2.75) is 58.2 Å². The number of hydrogen-bond acceptors (Lipinski definition) is 4. The zero-order valence-electron chi connectivity index (χ0n) is 14.5. The highest BCUT2D eigenvalue weighted by molar-refractivity contribution is 6.35. The number of hydrogen-bond donors (Lipinski definition) is 1. The third-order valence-corrected chi connectivity index (χ3v) is 5.64. The van der Waals surface area contributed by atoms with Crippen molar-refractivity contribution in [3.8, 4) is 0 Å². The number of carbonyl (C=O) groups is 2. The van der Waals surface area contributed by atoms with Gasteiger partial charge in [-0.05, 0) is 26.2 Å². The molecule has 2 atom stereocenters. The van der Waals surface area contributed by atoms with E-state index in [4.69, 9.17) is 4.74 Å². The molecule has 0 aromatic rings. The fourth-order valence-corrected chi connectivity index (χ4v) is 3.82. The third kappa shape index (κ3) is 3.38. The maximum Gasteiger partial charge on any atom is 0.311 e. The molecule has 0 spiro atoms. The SMILES string of the molecule is CCO[C@H]1C[C@@H](N2CCN(C(=O)C(=O)NC3CC3)CC2)C1(C)C. The minimum absolute atomic E-state index is 0.158. The van der Waals surface area contributed by atoms with Gasteiger partial charge in [-0.15, -0.1) is 0 Å². The first kappa shape index (κ1) is 16.7. The van der Waals surface area contributed by atoms with E-state index in [1.54, 1.807) is 4.90 Å². The van der Waals surface area contributed by atoms with E-state index in [9.17, 15) is 9.59 Å². The van der Waals surface area contributed by atoms with Crippen molar-refractivity contribution in [1.29, 1.82) is 0 Å². The van der Waals surface area contributed by atoms with Gasteiger partial charge in [-0.2, -0.15) is 0 Å². The number of piperazine rings is 1. The molecule has 2 saturated carbocycles. The van der Waals surface area contributed by atoms with E-state index in [-0.39, 0.29) is 17.4 Å². The Morgan fingerprint density at radius 2 is 1.83 bits per heavy atom. The van der Waals surface area contributed by atoms with Gasteiger partial charge in [-0.1, -0.05) is 13.8 Å². The molecule has 1 heterocycles. The van der Waals surface area contributed by atoms with E-state index < -0.39 is 5.91 Å². The van der Waals surface area contributed by atoms with Gasteiger partial charge in [0.15, 0.2) is 0 Å². The molecule has 1 aliphatic heterocycles. The summed E-state index contributed by atoms with van der Waals surface area (Å²) in [6.07, 6.45) is 3.41. The number of rotatable bonds is 4. The first-order chi connectivity index (χ1) is 10.9. The van der Waals surface area contributed by atoms with Gasteiger partial charge >= 0.3 is 11.8 Å². The van der Waals surface area contributed by atoms with E-state index in [1.807, 2.05) is 6.92 Å². The number of carbonyl (C=O) groups excluding carboxylic acids is 2. The second-order valence-electron chi connectivity index (χ2n) is 7.59. The molecule has 0 aromatic carbocycles. The zero-order valence-corrected chi connectivity index (χ0v) is 14.5. The molecule has 3 fully saturated rings. The van der Waals surface area contributed by atoms with Gasteiger partial charge < -0.3 is 15.0 Å². The van der Waals surface area contributed by atoms with Crippen molar-refractivity contribution < 1.29 is 14.3 Å². The summed E-state index contributed by atoms with van der Waals surface area (Å²) in [5.41, 5.74) is 0.158. The Bertz CT molecular complexity index is 468. The molecule has 0 bridgehead atoms. The molecule has 1 N–H and O–H groups in total. The second kappa shape index (κ2) is 6.40. The van der Waals surface area contributed by atoms with Crippen LogP contribution in [0.4, 0.5) is 0 Å². The van der Waals surface area contributed by atoms with Crippen LogP contribution in [0.2, 0.25) is 0 Å². The molecule has 6 heteroatoms. The molecule has 2 aliphatic carbocycles. The summed E-state index contributed by atoms with van der Waals surface area (Å²) < 4.78 is 5.80. The van der Waals surface area contributed by atoms with Crippen molar-refractivity contribution in [1.82, 2.24) is 15.1 Å². The topological polar surface area (TPSA) is 61.9 Å². The Morgan fingerprint density at radius 3 is 2.35 bits per heavy atom. The van der Waals surface area contributed by atoms with Crippen LogP contribution in [0.15, 0.2) is 0 Å². The Hall–Kier alpha value is -1.14. The Kier molecular flexibility index (Phi) is 4.65. The van der Waals surface area contributed by atoms with E-state index in [1.165, 1.54) is 0 Å². The number of ether oxygens (including phenoxy) is 1. The van der Waals surface area contributed by atoms with Crippen molar-refractivity contribution in [2.24, 2.45) is 5.41 Å². The molecule has 0 unspecified atom stereocenters. The minimum Gasteiger partial charge on any atom is -0.378 e. The van der Waals surface area contributed by atoms with Crippen molar-refractivity contribution in [3.05, 3.63) is 0 Å². The number of nitrogens with one attached hydrogen (secondary N) is 1. The molecule has 23 heavy (non-hydrogen) atoms. The Labute approximate surface area is 138 Å². The summed E-state index contributed by atoms with van der Waals surface area (Å²) in [5, 5.41) is 2.78. The highest BCUT2D eigenvalue weighted by Crippen LogP contribution is 2.46. The first-order valence-corrected chi connectivity index (χ1v) is 8.89. The average Bonchev–Trinajstić information content (AvgIpc) is 3.34. The van der Waals surface area contributed by atoms with Crippen molar-refractivity contribution >= 4 is 11.8 Å². The lowest BCUT2D eigenvalue weighted by Crippen LogP contribution is -2.65. The second-order valence-corrected chi connectivity index (χ2v) is 7.59. The Balaban J connectivity index is 1.47. The number of amides is 2. The van der Waals surface area contributed by atoms with Crippen molar-refractivity contribution in [2.75, 3.05) is 32.8 Å². The minimum atomic E-state index is -0.429. The zero-order chi connectivity index (χ0) is 16.6. The van der Waals surface area contributed by atoms with Gasteiger partial charge in [0.2, 0.25) is 0 Å². The standard InChI is InChI=1S/C17H29N3O3/c1-4-23-14-11-13(17(14,2)3)19-7-9-20(10-8-19)16(22)15(21)18-12-5-6-12/h12-14H,4-11H2,1-3H3,(H,18,21)/t13-,14+/m1/s1. The number of nitrogens with zero attached hydrogens (tertiary/aromatic N) is 2. The summed E-state index contributed by atoms with van der Waals surface area (Å²) in [5.74, 6) is -0.794. The molecule has 1 saturated heterocycles. The lowest BCUT2D eigenvalue weighted by atomic mass is 9.63. The molecule has 130 valence electrons. The molecule has 6 nitrogen and oxygen atoms in total. The van der Waals surface area contributed by atoms with Gasteiger partial charge in [0.25, 0.3) is 0 Å². The lowest BCUT2D eigenvalue weighted by molar-refractivity contribution is -0.160. The summed E-state index contributed by atoms with van der Waals surface area (Å²) in [6.45, 7) is 10.3. The predicted octanol–water partition coefficient (Wildman–Crippen LogP) is 0.613. The normalized spacial score (nSPS) is 30.7. The Morgan fingerprint density at radius 1 is 1.17 bits per heavy atom. The maximum absolute atomic E-state index is 12.2. The van der Waals surface area contributed by atoms with Crippen LogP contribution in [0.1, 0.15) is 40.0 Å². The van der Waals surface area contributed by atoms with E-state index in [0.717, 1.165) is 39.0 Å². The highest BCUT2D eigenvalue weighted by atomic mass is 16.5. The van der Waals surface area contributed by atoms with Gasteiger partial charge in [0.1, 0.15) is 0 Å². The van der Waals surface area contributed by atoms with Crippen LogP contribution in [0.25, 0.3) is 0 Å². The maximum atomic E-state index is 12.2. The lowest BCUT2D eigenvalue weighted by Gasteiger charge is -2.57. The molecule has 0 aromatic heterocycles. The fraction of sp³-hybridized carbons (Fsp3) is 0.882. The van der Waals surface area contributed by atoms with Gasteiger partial charge in [-0.25, -0.2) is 0 Å². The molecule has 0 radical (unpaired) electrons. The summed E-state index contributed by atoms with van der Waals surface area (Å²) in [7, 11) is 0. The van der Waals surface area contributed by atoms with Gasteiger partial charge in [0.05, 0.1) is 6.10 Å². The molecular weight excluding hydrogens is 294 g/mol. The quantitative estimate of drug-likeness (QED) is 0.770.